The van der Waals surface area contributed by atoms with Gasteiger partial charge in [-0.15, -0.1) is 0 Å². The minimum Gasteiger partial charge on any atom is -0.370 e. The number of rotatable bonds is 4. The molecule has 3 atom stereocenters. The van der Waals surface area contributed by atoms with Crippen molar-refractivity contribution in [2.24, 2.45) is 11.7 Å². The van der Waals surface area contributed by atoms with Crippen LogP contribution in [-0.2, 0) is 9.59 Å². The second-order valence-corrected chi connectivity index (χ2v) is 5.11. The molecule has 0 aromatic rings. The zero-order valence-electron chi connectivity index (χ0n) is 10.1. The molecule has 0 bridgehead atoms. The summed E-state index contributed by atoms with van der Waals surface area (Å²) in [5, 5.41) is 6.17. The van der Waals surface area contributed by atoms with Gasteiger partial charge in [0.2, 0.25) is 11.8 Å². The van der Waals surface area contributed by atoms with Crippen LogP contribution in [0.2, 0.25) is 0 Å². The van der Waals surface area contributed by atoms with Crippen LogP contribution in [0.3, 0.4) is 0 Å². The zero-order chi connectivity index (χ0) is 12.3. The van der Waals surface area contributed by atoms with E-state index in [1.54, 1.807) is 0 Å². The summed E-state index contributed by atoms with van der Waals surface area (Å²) in [5.41, 5.74) is 5.02. The molecule has 0 aromatic carbocycles. The summed E-state index contributed by atoms with van der Waals surface area (Å²) in [6.07, 6.45) is 6.14. The van der Waals surface area contributed by atoms with Gasteiger partial charge in [0.1, 0.15) is 0 Å². The molecule has 1 aliphatic heterocycles. The van der Waals surface area contributed by atoms with Gasteiger partial charge in [-0.25, -0.2) is 0 Å². The highest BCUT2D eigenvalue weighted by molar-refractivity contribution is 5.83. The average molecular weight is 239 g/mol. The molecule has 17 heavy (non-hydrogen) atoms. The van der Waals surface area contributed by atoms with Crippen LogP contribution in [0, 0.1) is 5.92 Å². The standard InChI is InChI=1S/C12H21N3O2/c13-11(16)5-6-14-12(17)10-7-8-3-1-2-4-9(8)15-10/h8-10,15H,1-7H2,(H2,13,16)(H,14,17). The average Bonchev–Trinajstić information content (AvgIpc) is 2.71. The molecule has 3 unspecified atom stereocenters. The third-order valence-electron chi connectivity index (χ3n) is 3.85. The van der Waals surface area contributed by atoms with Crippen molar-refractivity contribution in [2.45, 2.75) is 50.6 Å². The van der Waals surface area contributed by atoms with Crippen molar-refractivity contribution in [1.82, 2.24) is 10.6 Å². The zero-order valence-corrected chi connectivity index (χ0v) is 10.1. The predicted octanol–water partition coefficient (Wildman–Crippen LogP) is -0.101. The molecule has 2 amide bonds. The lowest BCUT2D eigenvalue weighted by Gasteiger charge is -2.24. The van der Waals surface area contributed by atoms with Crippen LogP contribution in [0.25, 0.3) is 0 Å². The Morgan fingerprint density at radius 1 is 1.29 bits per heavy atom. The number of fused-ring (bicyclic) bond motifs is 1. The first-order valence-electron chi connectivity index (χ1n) is 6.49. The Morgan fingerprint density at radius 2 is 2.06 bits per heavy atom. The monoisotopic (exact) mass is 239 g/mol. The summed E-state index contributed by atoms with van der Waals surface area (Å²) < 4.78 is 0. The third-order valence-corrected chi connectivity index (χ3v) is 3.85. The topological polar surface area (TPSA) is 84.2 Å². The van der Waals surface area contributed by atoms with Crippen molar-refractivity contribution in [3.8, 4) is 0 Å². The van der Waals surface area contributed by atoms with E-state index in [4.69, 9.17) is 5.73 Å². The van der Waals surface area contributed by atoms with E-state index < -0.39 is 0 Å². The summed E-state index contributed by atoms with van der Waals surface area (Å²) >= 11 is 0. The second kappa shape index (κ2) is 5.49. The Labute approximate surface area is 102 Å². The normalized spacial score (nSPS) is 31.9. The van der Waals surface area contributed by atoms with Crippen molar-refractivity contribution < 1.29 is 9.59 Å². The lowest BCUT2D eigenvalue weighted by molar-refractivity contribution is -0.123. The first-order chi connectivity index (χ1) is 8.16. The Morgan fingerprint density at radius 3 is 2.76 bits per heavy atom. The molecule has 1 saturated carbocycles. The van der Waals surface area contributed by atoms with Crippen molar-refractivity contribution >= 4 is 11.8 Å². The summed E-state index contributed by atoms with van der Waals surface area (Å²) in [7, 11) is 0. The summed E-state index contributed by atoms with van der Waals surface area (Å²) in [6.45, 7) is 0.349. The molecule has 2 aliphatic rings. The first kappa shape index (κ1) is 12.4. The Hall–Kier alpha value is -1.10. The number of nitrogens with two attached hydrogens (primary N) is 1. The van der Waals surface area contributed by atoms with Crippen molar-refractivity contribution in [3.63, 3.8) is 0 Å². The lowest BCUT2D eigenvalue weighted by atomic mass is 9.85. The van der Waals surface area contributed by atoms with Gasteiger partial charge in [-0.2, -0.15) is 0 Å². The van der Waals surface area contributed by atoms with E-state index in [0.29, 0.717) is 18.5 Å². The van der Waals surface area contributed by atoms with Gasteiger partial charge < -0.3 is 16.4 Å². The maximum Gasteiger partial charge on any atom is 0.237 e. The number of carbonyl (C=O) groups excluding carboxylic acids is 2. The van der Waals surface area contributed by atoms with Gasteiger partial charge in [-0.3, -0.25) is 9.59 Å². The highest BCUT2D eigenvalue weighted by atomic mass is 16.2. The number of nitrogens with one attached hydrogen (secondary N) is 2. The van der Waals surface area contributed by atoms with E-state index in [1.807, 2.05) is 0 Å². The number of hydrogen-bond acceptors (Lipinski definition) is 3. The molecule has 1 aliphatic carbocycles. The van der Waals surface area contributed by atoms with Gasteiger partial charge in [-0.1, -0.05) is 12.8 Å². The van der Waals surface area contributed by atoms with E-state index >= 15 is 0 Å². The summed E-state index contributed by atoms with van der Waals surface area (Å²) in [5.74, 6) is 0.301. The third kappa shape index (κ3) is 3.19. The maximum atomic E-state index is 11.8. The van der Waals surface area contributed by atoms with Gasteiger partial charge in [-0.05, 0) is 25.2 Å². The Bertz CT molecular complexity index is 292. The molecule has 2 rings (SSSR count). The van der Waals surface area contributed by atoms with E-state index in [0.717, 1.165) is 6.42 Å². The lowest BCUT2D eigenvalue weighted by Crippen LogP contribution is -2.43. The van der Waals surface area contributed by atoms with Gasteiger partial charge in [0, 0.05) is 19.0 Å². The quantitative estimate of drug-likeness (QED) is 0.640. The molecule has 0 aromatic heterocycles. The molecule has 4 N–H and O–H groups in total. The van der Waals surface area contributed by atoms with Crippen molar-refractivity contribution in [3.05, 3.63) is 0 Å². The maximum absolute atomic E-state index is 11.8. The van der Waals surface area contributed by atoms with Crippen LogP contribution in [-0.4, -0.2) is 30.4 Å². The Balaban J connectivity index is 1.75. The molecule has 1 heterocycles. The summed E-state index contributed by atoms with van der Waals surface area (Å²) in [6, 6.07) is 0.451. The van der Waals surface area contributed by atoms with Gasteiger partial charge >= 0.3 is 0 Å². The fraction of sp³-hybridized carbons (Fsp3) is 0.833. The highest BCUT2D eigenvalue weighted by Crippen LogP contribution is 2.33. The van der Waals surface area contributed by atoms with Gasteiger partial charge in [0.05, 0.1) is 6.04 Å². The van der Waals surface area contributed by atoms with Crippen LogP contribution >= 0.6 is 0 Å². The molecular weight excluding hydrogens is 218 g/mol. The SMILES string of the molecule is NC(=O)CCNC(=O)C1CC2CCCCC2N1. The van der Waals surface area contributed by atoms with E-state index in [2.05, 4.69) is 10.6 Å². The fourth-order valence-electron chi connectivity index (χ4n) is 2.95. The minimum absolute atomic E-state index is 0.0145. The second-order valence-electron chi connectivity index (χ2n) is 5.11. The molecule has 5 nitrogen and oxygen atoms in total. The fourth-order valence-corrected chi connectivity index (χ4v) is 2.95. The van der Waals surface area contributed by atoms with Crippen LogP contribution in [0.5, 0.6) is 0 Å². The number of primary amides is 1. The predicted molar refractivity (Wildman–Crippen MR) is 64.1 cm³/mol. The van der Waals surface area contributed by atoms with Crippen LogP contribution in [0.1, 0.15) is 38.5 Å². The first-order valence-corrected chi connectivity index (χ1v) is 6.49. The summed E-state index contributed by atoms with van der Waals surface area (Å²) in [4.78, 5) is 22.4. The Kier molecular flexibility index (Phi) is 3.99. The molecule has 1 saturated heterocycles. The highest BCUT2D eigenvalue weighted by Gasteiger charge is 2.37. The number of carbonyl (C=O) groups is 2. The van der Waals surface area contributed by atoms with E-state index in [1.165, 1.54) is 25.7 Å². The molecule has 0 radical (unpaired) electrons. The smallest absolute Gasteiger partial charge is 0.237 e. The number of amides is 2. The van der Waals surface area contributed by atoms with Gasteiger partial charge in [0.15, 0.2) is 0 Å². The molecule has 2 fully saturated rings. The molecule has 5 heteroatoms. The van der Waals surface area contributed by atoms with Crippen LogP contribution in [0.4, 0.5) is 0 Å². The van der Waals surface area contributed by atoms with E-state index in [9.17, 15) is 9.59 Å². The van der Waals surface area contributed by atoms with Gasteiger partial charge in [0.25, 0.3) is 0 Å². The minimum atomic E-state index is -0.377. The largest absolute Gasteiger partial charge is 0.370 e. The van der Waals surface area contributed by atoms with Crippen LogP contribution in [0.15, 0.2) is 0 Å². The molecule has 0 spiro atoms. The van der Waals surface area contributed by atoms with Crippen molar-refractivity contribution in [2.75, 3.05) is 6.54 Å². The molecular formula is C12H21N3O2. The number of hydrogen-bond donors (Lipinski definition) is 3. The van der Waals surface area contributed by atoms with E-state index in [-0.39, 0.29) is 24.3 Å². The van der Waals surface area contributed by atoms with Crippen LogP contribution < -0.4 is 16.4 Å². The molecule has 96 valence electrons. The van der Waals surface area contributed by atoms with Crippen molar-refractivity contribution in [1.29, 1.82) is 0 Å².